The molecule has 0 aliphatic carbocycles. The highest BCUT2D eigenvalue weighted by Gasteiger charge is 2.25. The Balaban J connectivity index is -0.000000192. The lowest BCUT2D eigenvalue weighted by molar-refractivity contribution is -0.120. The van der Waals surface area contributed by atoms with Crippen LogP contribution in [-0.2, 0) is 9.59 Å². The molecule has 0 heterocycles. The molecule has 4 heteroatoms. The summed E-state index contributed by atoms with van der Waals surface area (Å²) in [6.45, 7) is 31.3. The standard InChI is InChI=1S/2C11H21NO.2CH4/c2*1-8(10(2,3)4)9(13)12-11(5,6)7;;/h2*1H2,2-7H3,(H,12,13);2*1H4. The van der Waals surface area contributed by atoms with E-state index in [-0.39, 0.29) is 48.6 Å². The van der Waals surface area contributed by atoms with Crippen LogP contribution < -0.4 is 10.6 Å². The van der Waals surface area contributed by atoms with Crippen molar-refractivity contribution in [2.75, 3.05) is 0 Å². The van der Waals surface area contributed by atoms with Crippen LogP contribution in [0.4, 0.5) is 0 Å². The van der Waals surface area contributed by atoms with Crippen molar-refractivity contribution in [3.05, 3.63) is 24.3 Å². The van der Waals surface area contributed by atoms with Crippen LogP contribution in [0.25, 0.3) is 0 Å². The van der Waals surface area contributed by atoms with E-state index < -0.39 is 0 Å². The summed E-state index contributed by atoms with van der Waals surface area (Å²) in [5.74, 6) is -0.111. The Morgan fingerprint density at radius 2 is 0.714 bits per heavy atom. The first-order valence-corrected chi connectivity index (χ1v) is 9.12. The van der Waals surface area contributed by atoms with Crippen LogP contribution in [0.3, 0.4) is 0 Å². The molecule has 4 nitrogen and oxygen atoms in total. The van der Waals surface area contributed by atoms with Crippen molar-refractivity contribution >= 4 is 11.8 Å². The molecule has 2 amide bonds. The molecule has 28 heavy (non-hydrogen) atoms. The molecule has 0 rings (SSSR count). The van der Waals surface area contributed by atoms with E-state index in [9.17, 15) is 9.59 Å². The number of amides is 2. The summed E-state index contributed by atoms with van der Waals surface area (Å²) in [7, 11) is 0. The Bertz CT molecular complexity index is 481. The van der Waals surface area contributed by atoms with Crippen LogP contribution in [0.1, 0.15) is 97.9 Å². The molecule has 0 radical (unpaired) electrons. The number of carbonyl (C=O) groups is 2. The molecular weight excluding hydrogens is 348 g/mol. The average Bonchev–Trinajstić information content (AvgIpc) is 2.31. The van der Waals surface area contributed by atoms with Crippen molar-refractivity contribution in [2.24, 2.45) is 10.8 Å². The predicted molar refractivity (Wildman–Crippen MR) is 126 cm³/mol. The van der Waals surface area contributed by atoms with E-state index >= 15 is 0 Å². The molecule has 0 aliphatic heterocycles. The first-order valence-electron chi connectivity index (χ1n) is 9.12. The second-order valence-electron chi connectivity index (χ2n) is 10.9. The van der Waals surface area contributed by atoms with Gasteiger partial charge in [-0.25, -0.2) is 0 Å². The predicted octanol–water partition coefficient (Wildman–Crippen LogP) is 6.28. The smallest absolute Gasteiger partial charge is 0.247 e. The molecule has 2 N–H and O–H groups in total. The third kappa shape index (κ3) is 16.6. The molecule has 0 saturated heterocycles. The van der Waals surface area contributed by atoms with Crippen LogP contribution in [0.2, 0.25) is 0 Å². The van der Waals surface area contributed by atoms with Gasteiger partial charge in [0.05, 0.1) is 0 Å². The summed E-state index contributed by atoms with van der Waals surface area (Å²) in [5.41, 5.74) is 0.561. The van der Waals surface area contributed by atoms with Gasteiger partial charge in [-0.1, -0.05) is 69.6 Å². The van der Waals surface area contributed by atoms with Gasteiger partial charge in [0.1, 0.15) is 0 Å². The van der Waals surface area contributed by atoms with Crippen molar-refractivity contribution in [2.45, 2.75) is 109 Å². The number of hydrogen-bond donors (Lipinski definition) is 2. The van der Waals surface area contributed by atoms with Gasteiger partial charge in [-0.15, -0.1) is 0 Å². The molecule has 168 valence electrons. The fourth-order valence-corrected chi connectivity index (χ4v) is 1.51. The zero-order chi connectivity index (χ0) is 21.7. The molecular formula is C24H50N2O2. The Labute approximate surface area is 176 Å². The topological polar surface area (TPSA) is 58.2 Å². The van der Waals surface area contributed by atoms with Gasteiger partial charge < -0.3 is 10.6 Å². The molecule has 0 aromatic heterocycles. The molecule has 0 spiro atoms. The zero-order valence-electron chi connectivity index (χ0n) is 19.2. The highest BCUT2D eigenvalue weighted by atomic mass is 16.2. The number of nitrogens with one attached hydrogen (secondary N) is 2. The number of hydrogen-bond acceptors (Lipinski definition) is 2. The zero-order valence-corrected chi connectivity index (χ0v) is 19.2. The Kier molecular flexibility index (Phi) is 13.9. The molecule has 0 aromatic carbocycles. The molecule has 0 saturated carbocycles. The summed E-state index contributed by atoms with van der Waals surface area (Å²) in [6, 6.07) is 0. The fourth-order valence-electron chi connectivity index (χ4n) is 1.51. The van der Waals surface area contributed by atoms with E-state index in [2.05, 4.69) is 23.8 Å². The van der Waals surface area contributed by atoms with Gasteiger partial charge >= 0.3 is 0 Å². The first kappa shape index (κ1) is 34.0. The molecule has 0 bridgehead atoms. The Hall–Kier alpha value is -1.58. The molecule has 0 aromatic rings. The van der Waals surface area contributed by atoms with E-state index in [1.165, 1.54) is 0 Å². The monoisotopic (exact) mass is 398 g/mol. The van der Waals surface area contributed by atoms with Gasteiger partial charge in [0.15, 0.2) is 0 Å². The SMILES string of the molecule is C.C.C=C(C(=O)NC(C)(C)C)C(C)(C)C.C=C(C(=O)NC(C)(C)C)C(C)(C)C. The summed E-state index contributed by atoms with van der Waals surface area (Å²) < 4.78 is 0. The number of carbonyl (C=O) groups excluding carboxylic acids is 2. The van der Waals surface area contributed by atoms with E-state index in [0.29, 0.717) is 11.1 Å². The molecule has 0 unspecified atom stereocenters. The number of rotatable bonds is 2. The van der Waals surface area contributed by atoms with Gasteiger partial charge in [0.25, 0.3) is 0 Å². The highest BCUT2D eigenvalue weighted by molar-refractivity contribution is 5.94. The Morgan fingerprint density at radius 3 is 0.821 bits per heavy atom. The largest absolute Gasteiger partial charge is 0.348 e. The maximum absolute atomic E-state index is 11.6. The second-order valence-corrected chi connectivity index (χ2v) is 10.9. The first-order chi connectivity index (χ1) is 11.1. The normalized spacial score (nSPS) is 11.6. The summed E-state index contributed by atoms with van der Waals surface area (Å²) >= 11 is 0. The summed E-state index contributed by atoms with van der Waals surface area (Å²) in [4.78, 5) is 23.2. The van der Waals surface area contributed by atoms with Crippen molar-refractivity contribution in [3.63, 3.8) is 0 Å². The van der Waals surface area contributed by atoms with Crippen LogP contribution in [0.5, 0.6) is 0 Å². The van der Waals surface area contributed by atoms with Crippen molar-refractivity contribution in [1.29, 1.82) is 0 Å². The van der Waals surface area contributed by atoms with Gasteiger partial charge in [0.2, 0.25) is 11.8 Å². The lowest BCUT2D eigenvalue weighted by Crippen LogP contribution is -2.43. The summed E-state index contributed by atoms with van der Waals surface area (Å²) in [6.07, 6.45) is 0. The van der Waals surface area contributed by atoms with E-state index in [4.69, 9.17) is 0 Å². The van der Waals surface area contributed by atoms with Crippen LogP contribution >= 0.6 is 0 Å². The van der Waals surface area contributed by atoms with E-state index in [1.54, 1.807) is 0 Å². The minimum Gasteiger partial charge on any atom is -0.348 e. The van der Waals surface area contributed by atoms with Gasteiger partial charge in [-0.05, 0) is 52.4 Å². The molecule has 0 aliphatic rings. The maximum Gasteiger partial charge on any atom is 0.247 e. The van der Waals surface area contributed by atoms with Crippen molar-refractivity contribution in [1.82, 2.24) is 10.6 Å². The van der Waals surface area contributed by atoms with Gasteiger partial charge in [-0.2, -0.15) is 0 Å². The maximum atomic E-state index is 11.6. The summed E-state index contributed by atoms with van der Waals surface area (Å²) in [5, 5.41) is 5.77. The quantitative estimate of drug-likeness (QED) is 0.538. The third-order valence-corrected chi connectivity index (χ3v) is 3.34. The second kappa shape index (κ2) is 11.4. The third-order valence-electron chi connectivity index (χ3n) is 3.34. The van der Waals surface area contributed by atoms with Gasteiger partial charge in [0, 0.05) is 22.2 Å². The highest BCUT2D eigenvalue weighted by Crippen LogP contribution is 2.24. The van der Waals surface area contributed by atoms with Gasteiger partial charge in [-0.3, -0.25) is 9.59 Å². The van der Waals surface area contributed by atoms with Crippen LogP contribution in [0.15, 0.2) is 24.3 Å². The lowest BCUT2D eigenvalue weighted by Gasteiger charge is -2.26. The van der Waals surface area contributed by atoms with E-state index in [0.717, 1.165) is 0 Å². The average molecular weight is 399 g/mol. The van der Waals surface area contributed by atoms with Crippen molar-refractivity contribution < 1.29 is 9.59 Å². The minimum atomic E-state index is -0.189. The van der Waals surface area contributed by atoms with Crippen LogP contribution in [-0.4, -0.2) is 22.9 Å². The fraction of sp³-hybridized carbons (Fsp3) is 0.750. The molecule has 0 atom stereocenters. The Morgan fingerprint density at radius 1 is 0.536 bits per heavy atom. The minimum absolute atomic E-state index is 0. The lowest BCUT2D eigenvalue weighted by atomic mass is 9.86. The van der Waals surface area contributed by atoms with Crippen LogP contribution in [0, 0.1) is 10.8 Å². The van der Waals surface area contributed by atoms with Crippen molar-refractivity contribution in [3.8, 4) is 0 Å². The molecule has 0 fully saturated rings. The van der Waals surface area contributed by atoms with E-state index in [1.807, 2.05) is 83.1 Å².